The molecule has 1 heterocycles. The molecule has 1 aliphatic rings. The van der Waals surface area contributed by atoms with Crippen LogP contribution in [0.1, 0.15) is 44.8 Å². The second-order valence-corrected chi connectivity index (χ2v) is 10.5. The van der Waals surface area contributed by atoms with Gasteiger partial charge in [-0.2, -0.15) is 0 Å². The van der Waals surface area contributed by atoms with E-state index in [9.17, 15) is 9.18 Å². The number of hydrogen-bond acceptors (Lipinski definition) is 4. The maximum atomic E-state index is 13.3. The van der Waals surface area contributed by atoms with Crippen LogP contribution in [0.4, 0.5) is 15.1 Å². The van der Waals surface area contributed by atoms with Gasteiger partial charge in [-0.15, -0.1) is 11.3 Å². The Balaban J connectivity index is 1.34. The van der Waals surface area contributed by atoms with Crippen molar-refractivity contribution >= 4 is 50.1 Å². The van der Waals surface area contributed by atoms with Crippen LogP contribution < -0.4 is 10.1 Å². The molecule has 1 aliphatic carbocycles. The molecule has 0 bridgehead atoms. The number of anilines is 1. The van der Waals surface area contributed by atoms with Crippen LogP contribution in [-0.4, -0.2) is 12.1 Å². The zero-order valence-corrected chi connectivity index (χ0v) is 21.9. The molecule has 5 rings (SSSR count). The van der Waals surface area contributed by atoms with Gasteiger partial charge < -0.3 is 10.1 Å². The number of aliphatic imine (C=N–C) groups is 1. The summed E-state index contributed by atoms with van der Waals surface area (Å²) < 4.78 is 19.8. The number of amides is 1. The van der Waals surface area contributed by atoms with Crippen molar-refractivity contribution < 1.29 is 13.9 Å². The molecule has 0 saturated carbocycles. The van der Waals surface area contributed by atoms with Crippen LogP contribution >= 0.6 is 27.3 Å². The lowest BCUT2D eigenvalue weighted by atomic mass is 9.95. The van der Waals surface area contributed by atoms with E-state index in [-0.39, 0.29) is 11.7 Å². The average Bonchev–Trinajstić information content (AvgIpc) is 3.27. The minimum absolute atomic E-state index is 0.113. The third-order valence-corrected chi connectivity index (χ3v) is 7.83. The molecule has 1 N–H and O–H groups in total. The topological polar surface area (TPSA) is 50.7 Å². The van der Waals surface area contributed by atoms with Crippen LogP contribution in [0.25, 0.3) is 0 Å². The number of aryl methyl sites for hydroxylation is 1. The van der Waals surface area contributed by atoms with Gasteiger partial charge in [0, 0.05) is 16.8 Å². The molecule has 3 aromatic carbocycles. The molecular weight excluding hydrogens is 539 g/mol. The normalized spacial score (nSPS) is 12.9. The first-order chi connectivity index (χ1) is 17.6. The van der Waals surface area contributed by atoms with E-state index in [1.54, 1.807) is 29.7 Å². The molecule has 0 atom stereocenters. The van der Waals surface area contributed by atoms with Gasteiger partial charge in [-0.25, -0.2) is 9.38 Å². The summed E-state index contributed by atoms with van der Waals surface area (Å²) in [5, 5.41) is 3.77. The molecule has 182 valence electrons. The molecule has 4 nitrogen and oxygen atoms in total. The largest absolute Gasteiger partial charge is 0.488 e. The first kappa shape index (κ1) is 24.4. The van der Waals surface area contributed by atoms with Gasteiger partial charge in [0.15, 0.2) is 0 Å². The van der Waals surface area contributed by atoms with Crippen LogP contribution in [0.15, 0.2) is 82.3 Å². The van der Waals surface area contributed by atoms with E-state index < -0.39 is 0 Å². The Bertz CT molecular complexity index is 1400. The Kier molecular flexibility index (Phi) is 7.58. The zero-order valence-electron chi connectivity index (χ0n) is 19.5. The number of rotatable bonds is 7. The van der Waals surface area contributed by atoms with Crippen LogP contribution in [0.5, 0.6) is 5.75 Å². The highest BCUT2D eigenvalue weighted by molar-refractivity contribution is 9.10. The minimum atomic E-state index is -0.268. The van der Waals surface area contributed by atoms with E-state index in [2.05, 4.69) is 21.2 Å². The zero-order chi connectivity index (χ0) is 24.9. The van der Waals surface area contributed by atoms with Gasteiger partial charge in [0.1, 0.15) is 23.2 Å². The third-order valence-electron chi connectivity index (χ3n) is 6.01. The Morgan fingerprint density at radius 2 is 1.83 bits per heavy atom. The Hall–Kier alpha value is -3.29. The number of hydrogen-bond donors (Lipinski definition) is 1. The summed E-state index contributed by atoms with van der Waals surface area (Å²) in [6.07, 6.45) is 5.91. The van der Waals surface area contributed by atoms with Crippen molar-refractivity contribution in [3.8, 4) is 5.75 Å². The number of ether oxygens (including phenoxy) is 1. The highest BCUT2D eigenvalue weighted by Crippen LogP contribution is 2.40. The molecule has 0 fully saturated rings. The van der Waals surface area contributed by atoms with E-state index in [1.165, 1.54) is 17.0 Å². The molecule has 4 aromatic rings. The van der Waals surface area contributed by atoms with Gasteiger partial charge in [0.2, 0.25) is 0 Å². The minimum Gasteiger partial charge on any atom is -0.488 e. The second-order valence-electron chi connectivity index (χ2n) is 8.57. The highest BCUT2D eigenvalue weighted by Gasteiger charge is 2.25. The number of para-hydroxylation sites is 1. The number of carbonyl (C=O) groups excluding carboxylic acids is 1. The molecule has 0 aliphatic heterocycles. The summed E-state index contributed by atoms with van der Waals surface area (Å²) in [7, 11) is 0. The first-order valence-electron chi connectivity index (χ1n) is 11.8. The molecule has 7 heteroatoms. The Morgan fingerprint density at radius 3 is 2.61 bits per heavy atom. The van der Waals surface area contributed by atoms with Crippen molar-refractivity contribution in [2.24, 2.45) is 4.99 Å². The summed E-state index contributed by atoms with van der Waals surface area (Å²) in [5.74, 6) is 0.306. The van der Waals surface area contributed by atoms with Gasteiger partial charge in [-0.3, -0.25) is 4.79 Å². The molecule has 0 spiro atoms. The summed E-state index contributed by atoms with van der Waals surface area (Å²) in [4.78, 5) is 19.3. The van der Waals surface area contributed by atoms with Crippen LogP contribution in [0.2, 0.25) is 0 Å². The Labute approximate surface area is 222 Å². The fourth-order valence-electron chi connectivity index (χ4n) is 4.18. The van der Waals surface area contributed by atoms with E-state index in [4.69, 9.17) is 9.73 Å². The van der Waals surface area contributed by atoms with Crippen molar-refractivity contribution in [1.29, 1.82) is 0 Å². The standard InChI is InChI=1S/C29H24BrFN2O2S/c30-24-16-20(12-15-25(24)35-18-19-10-13-21(31)14-11-19)17-32-29-27(23-8-4-5-9-26(23)36-29)28(34)33-22-6-2-1-3-7-22/h1-3,6-7,10-17H,4-5,8-9,18H2,(H,33,34). The molecule has 0 radical (unpaired) electrons. The number of fused-ring (bicyclic) bond motifs is 1. The molecule has 0 unspecified atom stereocenters. The van der Waals surface area contributed by atoms with E-state index in [1.807, 2.05) is 48.5 Å². The summed E-state index contributed by atoms with van der Waals surface area (Å²) >= 11 is 5.18. The lowest BCUT2D eigenvalue weighted by Crippen LogP contribution is -2.14. The van der Waals surface area contributed by atoms with E-state index in [0.29, 0.717) is 17.9 Å². The van der Waals surface area contributed by atoms with Crippen LogP contribution in [-0.2, 0) is 19.4 Å². The monoisotopic (exact) mass is 562 g/mol. The maximum Gasteiger partial charge on any atom is 0.259 e. The number of nitrogens with one attached hydrogen (secondary N) is 1. The lowest BCUT2D eigenvalue weighted by Gasteiger charge is -2.12. The number of benzene rings is 3. The molecule has 1 aromatic heterocycles. The van der Waals surface area contributed by atoms with Crippen LogP contribution in [0.3, 0.4) is 0 Å². The molecular formula is C29H24BrFN2O2S. The van der Waals surface area contributed by atoms with Gasteiger partial charge in [-0.1, -0.05) is 30.3 Å². The Morgan fingerprint density at radius 1 is 1.06 bits per heavy atom. The smallest absolute Gasteiger partial charge is 0.259 e. The number of nitrogens with zero attached hydrogens (tertiary/aromatic N) is 1. The van der Waals surface area contributed by atoms with Gasteiger partial charge >= 0.3 is 0 Å². The summed E-state index contributed by atoms with van der Waals surface area (Å²) in [5.41, 5.74) is 4.37. The predicted molar refractivity (Wildman–Crippen MR) is 147 cm³/mol. The van der Waals surface area contributed by atoms with Crippen molar-refractivity contribution in [1.82, 2.24) is 0 Å². The lowest BCUT2D eigenvalue weighted by molar-refractivity contribution is 0.102. The number of halogens is 2. The SMILES string of the molecule is O=C(Nc1ccccc1)c1c(N=Cc2ccc(OCc3ccc(F)cc3)c(Br)c2)sc2c1CCCC2. The average molecular weight is 563 g/mol. The van der Waals surface area contributed by atoms with Gasteiger partial charge in [-0.05, 0) is 101 Å². The van der Waals surface area contributed by atoms with Crippen molar-refractivity contribution in [2.45, 2.75) is 32.3 Å². The summed E-state index contributed by atoms with van der Waals surface area (Å²) in [6, 6.07) is 21.5. The van der Waals surface area contributed by atoms with Crippen LogP contribution in [0, 0.1) is 5.82 Å². The molecule has 1 amide bonds. The third kappa shape index (κ3) is 5.74. The maximum absolute atomic E-state index is 13.3. The van der Waals surface area contributed by atoms with Gasteiger partial charge in [0.05, 0.1) is 10.0 Å². The summed E-state index contributed by atoms with van der Waals surface area (Å²) in [6.45, 7) is 0.340. The van der Waals surface area contributed by atoms with Gasteiger partial charge in [0.25, 0.3) is 5.91 Å². The fraction of sp³-hybridized carbons (Fsp3) is 0.172. The second kappa shape index (κ2) is 11.2. The molecule has 0 saturated heterocycles. The van der Waals surface area contributed by atoms with E-state index >= 15 is 0 Å². The molecule has 36 heavy (non-hydrogen) atoms. The highest BCUT2D eigenvalue weighted by atomic mass is 79.9. The van der Waals surface area contributed by atoms with Crippen molar-refractivity contribution in [2.75, 3.05) is 5.32 Å². The van der Waals surface area contributed by atoms with E-state index in [0.717, 1.165) is 57.5 Å². The predicted octanol–water partition coefficient (Wildman–Crippen LogP) is 8.11. The van der Waals surface area contributed by atoms with Crippen molar-refractivity contribution in [3.05, 3.63) is 110 Å². The first-order valence-corrected chi connectivity index (χ1v) is 13.4. The quantitative estimate of drug-likeness (QED) is 0.231. The fourth-order valence-corrected chi connectivity index (χ4v) is 5.92. The number of carbonyl (C=O) groups is 1. The number of thiophene rings is 1. The van der Waals surface area contributed by atoms with Crippen molar-refractivity contribution in [3.63, 3.8) is 0 Å².